The average Bonchev–Trinajstić information content (AvgIpc) is 2.99. The van der Waals surface area contributed by atoms with Crippen LogP contribution >= 0.6 is 0 Å². The van der Waals surface area contributed by atoms with Gasteiger partial charge in [-0.05, 0) is 49.6 Å². The van der Waals surface area contributed by atoms with Crippen molar-refractivity contribution >= 4 is 10.9 Å². The highest BCUT2D eigenvalue weighted by Gasteiger charge is 2.20. The van der Waals surface area contributed by atoms with Gasteiger partial charge in [-0.3, -0.25) is 4.79 Å². The average molecular weight is 554 g/mol. The third-order valence-corrected chi connectivity index (χ3v) is 7.08. The van der Waals surface area contributed by atoms with Crippen LogP contribution in [-0.4, -0.2) is 11.2 Å². The van der Waals surface area contributed by atoms with Crippen LogP contribution in [0, 0.1) is 0 Å². The Morgan fingerprint density at radius 3 is 2.02 bits per heavy atom. The monoisotopic (exact) mass is 553 g/mol. The molecule has 0 bridgehead atoms. The van der Waals surface area contributed by atoms with E-state index in [9.17, 15) is 4.79 Å². The third-order valence-electron chi connectivity index (χ3n) is 7.08. The third kappa shape index (κ3) is 8.75. The highest BCUT2D eigenvalue weighted by Crippen LogP contribution is 2.35. The molecule has 0 amide bonds. The van der Waals surface area contributed by atoms with Crippen LogP contribution in [0.2, 0.25) is 0 Å². The Kier molecular flexibility index (Phi) is 11.5. The van der Waals surface area contributed by atoms with Crippen LogP contribution in [-0.2, 0) is 19.8 Å². The van der Waals surface area contributed by atoms with Crippen LogP contribution in [0.3, 0.4) is 0 Å². The van der Waals surface area contributed by atoms with Crippen molar-refractivity contribution in [3.8, 4) is 17.2 Å². The van der Waals surface area contributed by atoms with Gasteiger partial charge in [0.25, 0.3) is 5.56 Å². The minimum atomic E-state index is -0.172. The lowest BCUT2D eigenvalue weighted by molar-refractivity contribution is 0.270. The van der Waals surface area contributed by atoms with Gasteiger partial charge in [-0.25, -0.2) is 0 Å². The van der Waals surface area contributed by atoms with Crippen molar-refractivity contribution in [1.29, 1.82) is 0 Å². The van der Waals surface area contributed by atoms with Gasteiger partial charge in [-0.1, -0.05) is 105 Å². The van der Waals surface area contributed by atoms with Gasteiger partial charge >= 0.3 is 0 Å². The molecule has 1 aromatic heterocycles. The number of aryl methyl sites for hydroxylation is 1. The van der Waals surface area contributed by atoms with Crippen LogP contribution < -0.4 is 19.8 Å². The van der Waals surface area contributed by atoms with E-state index in [0.717, 1.165) is 40.4 Å². The lowest BCUT2D eigenvalue weighted by Crippen LogP contribution is -2.24. The maximum Gasteiger partial charge on any atom is 0.297 e. The van der Waals surface area contributed by atoms with Gasteiger partial charge < -0.3 is 18.8 Å². The van der Waals surface area contributed by atoms with E-state index in [1.807, 2.05) is 103 Å². The zero-order valence-corrected chi connectivity index (χ0v) is 24.7. The van der Waals surface area contributed by atoms with Gasteiger partial charge in [0, 0.05) is 18.0 Å². The first-order valence-corrected chi connectivity index (χ1v) is 14.9. The van der Waals surface area contributed by atoms with Crippen molar-refractivity contribution < 1.29 is 14.2 Å². The van der Waals surface area contributed by atoms with Gasteiger partial charge in [-0.15, -0.1) is 0 Å². The molecular formula is C36H43NO4. The molecule has 0 aliphatic heterocycles. The second kappa shape index (κ2) is 15.7. The number of rotatable bonds is 16. The number of ether oxygens (including phenoxy) is 3. The van der Waals surface area contributed by atoms with Crippen LogP contribution in [0.1, 0.15) is 70.4 Å². The summed E-state index contributed by atoms with van der Waals surface area (Å²) in [6, 6.07) is 25.9. The first-order valence-electron chi connectivity index (χ1n) is 14.9. The summed E-state index contributed by atoms with van der Waals surface area (Å²) in [5.74, 6) is 1.45. The molecule has 0 unspecified atom stereocenters. The van der Waals surface area contributed by atoms with Gasteiger partial charge in [0.2, 0.25) is 5.75 Å². The molecule has 1 heterocycles. The van der Waals surface area contributed by atoms with Crippen molar-refractivity contribution in [2.45, 2.75) is 79.1 Å². The topological polar surface area (TPSA) is 49.7 Å². The molecule has 0 atom stereocenters. The lowest BCUT2D eigenvalue weighted by atomic mass is 10.1. The van der Waals surface area contributed by atoms with E-state index in [4.69, 9.17) is 14.2 Å². The lowest BCUT2D eigenvalue weighted by Gasteiger charge is -2.19. The molecule has 3 aromatic carbocycles. The molecule has 0 aliphatic rings. The minimum absolute atomic E-state index is 0.172. The van der Waals surface area contributed by atoms with Crippen LogP contribution in [0.15, 0.2) is 95.3 Å². The van der Waals surface area contributed by atoms with E-state index in [0.29, 0.717) is 31.3 Å². The van der Waals surface area contributed by atoms with Gasteiger partial charge in [0.1, 0.15) is 25.6 Å². The summed E-state index contributed by atoms with van der Waals surface area (Å²) in [7, 11) is 0. The standard InChI is InChI=1S/C36H43NO4/c1-4-5-6-7-8-15-23-37-33-25-31(40-26-29-16-11-9-12-17-29)20-21-32(33)34(39-24-22-28(2)3)35(36(37)38)41-27-30-18-13-10-14-19-30/h9-14,16-22,25H,4-8,15,23-24,26-27H2,1-3H3. The van der Waals surface area contributed by atoms with Crippen LogP contribution in [0.4, 0.5) is 0 Å². The van der Waals surface area contributed by atoms with E-state index >= 15 is 0 Å². The molecule has 0 saturated carbocycles. The van der Waals surface area contributed by atoms with E-state index in [-0.39, 0.29) is 17.9 Å². The first-order chi connectivity index (χ1) is 20.1. The summed E-state index contributed by atoms with van der Waals surface area (Å²) in [6.07, 6.45) is 8.87. The van der Waals surface area contributed by atoms with E-state index in [1.54, 1.807) is 0 Å². The van der Waals surface area contributed by atoms with Gasteiger partial charge in [-0.2, -0.15) is 0 Å². The van der Waals surface area contributed by atoms with Crippen molar-refractivity contribution in [2.75, 3.05) is 6.61 Å². The number of aromatic nitrogens is 1. The van der Waals surface area contributed by atoms with Crippen molar-refractivity contribution in [3.05, 3.63) is 112 Å². The highest BCUT2D eigenvalue weighted by molar-refractivity contribution is 5.89. The Labute approximate surface area is 244 Å². The van der Waals surface area contributed by atoms with Crippen LogP contribution in [0.25, 0.3) is 10.9 Å². The quantitative estimate of drug-likeness (QED) is 0.103. The molecule has 0 N–H and O–H groups in total. The molecule has 4 aromatic rings. The predicted octanol–water partition coefficient (Wildman–Crippen LogP) is 8.87. The number of fused-ring (bicyclic) bond motifs is 1. The summed E-state index contributed by atoms with van der Waals surface area (Å²) in [6.45, 7) is 7.99. The molecule has 4 rings (SSSR count). The fraction of sp³-hybridized carbons (Fsp3) is 0.361. The molecule has 0 spiro atoms. The van der Waals surface area contributed by atoms with Crippen LogP contribution in [0.5, 0.6) is 17.2 Å². The Balaban J connectivity index is 1.72. The normalized spacial score (nSPS) is 10.9. The Morgan fingerprint density at radius 2 is 1.37 bits per heavy atom. The zero-order chi connectivity index (χ0) is 28.9. The zero-order valence-electron chi connectivity index (χ0n) is 24.7. The number of hydrogen-bond acceptors (Lipinski definition) is 4. The summed E-state index contributed by atoms with van der Waals surface area (Å²) < 4.78 is 20.5. The van der Waals surface area contributed by atoms with E-state index in [1.165, 1.54) is 25.7 Å². The molecule has 216 valence electrons. The summed E-state index contributed by atoms with van der Waals surface area (Å²) in [4.78, 5) is 14.1. The molecule has 0 fully saturated rings. The number of hydrogen-bond donors (Lipinski definition) is 0. The Morgan fingerprint density at radius 1 is 0.732 bits per heavy atom. The molecule has 0 aliphatic carbocycles. The largest absolute Gasteiger partial charge is 0.489 e. The smallest absolute Gasteiger partial charge is 0.297 e. The van der Waals surface area contributed by atoms with Crippen molar-refractivity contribution in [2.24, 2.45) is 0 Å². The summed E-state index contributed by atoms with van der Waals surface area (Å²) in [5, 5.41) is 0.841. The number of unbranched alkanes of at least 4 members (excludes halogenated alkanes) is 5. The fourth-order valence-corrected chi connectivity index (χ4v) is 4.77. The Bertz CT molecular complexity index is 1450. The molecule has 0 saturated heterocycles. The van der Waals surface area contributed by atoms with Gasteiger partial charge in [0.15, 0.2) is 5.75 Å². The van der Waals surface area contributed by atoms with E-state index in [2.05, 4.69) is 6.92 Å². The van der Waals surface area contributed by atoms with E-state index < -0.39 is 0 Å². The van der Waals surface area contributed by atoms with Crippen molar-refractivity contribution in [1.82, 2.24) is 4.57 Å². The second-order valence-electron chi connectivity index (χ2n) is 10.7. The summed E-state index contributed by atoms with van der Waals surface area (Å²) in [5.41, 5.74) is 3.86. The van der Waals surface area contributed by atoms with Gasteiger partial charge in [0.05, 0.1) is 5.52 Å². The Hall–Kier alpha value is -3.99. The molecule has 0 radical (unpaired) electrons. The molecular weight excluding hydrogens is 510 g/mol. The first kappa shape index (κ1) is 30.0. The number of benzene rings is 3. The molecule has 5 nitrogen and oxygen atoms in total. The molecule has 41 heavy (non-hydrogen) atoms. The van der Waals surface area contributed by atoms with Crippen molar-refractivity contribution in [3.63, 3.8) is 0 Å². The number of allylic oxidation sites excluding steroid dienone is 1. The maximum atomic E-state index is 14.1. The summed E-state index contributed by atoms with van der Waals surface area (Å²) >= 11 is 0. The fourth-order valence-electron chi connectivity index (χ4n) is 4.77. The molecule has 5 heteroatoms. The second-order valence-corrected chi connectivity index (χ2v) is 10.7. The highest BCUT2D eigenvalue weighted by atomic mass is 16.5. The maximum absolute atomic E-state index is 14.1. The predicted molar refractivity (Wildman–Crippen MR) is 168 cm³/mol. The number of pyridine rings is 1. The SMILES string of the molecule is CCCCCCCCn1c(=O)c(OCc2ccccc2)c(OCC=C(C)C)c2ccc(OCc3ccccc3)cc21. The number of nitrogens with zero attached hydrogens (tertiary/aromatic N) is 1. The minimum Gasteiger partial charge on any atom is -0.489 e.